The third kappa shape index (κ3) is 3.88. The molecule has 1 heterocycles. The van der Waals surface area contributed by atoms with Crippen LogP contribution in [0.3, 0.4) is 0 Å². The first-order valence-corrected chi connectivity index (χ1v) is 7.51. The summed E-state index contributed by atoms with van der Waals surface area (Å²) < 4.78 is 85.0. The van der Waals surface area contributed by atoms with E-state index in [-0.39, 0.29) is 16.2 Å². The summed E-state index contributed by atoms with van der Waals surface area (Å²) in [5.74, 6) is -8.02. The molecule has 0 unspecified atom stereocenters. The zero-order valence-electron chi connectivity index (χ0n) is 9.58. The van der Waals surface area contributed by atoms with Gasteiger partial charge in [0.15, 0.2) is 9.84 Å². The molecule has 0 aliphatic carbocycles. The molecule has 0 bridgehead atoms. The van der Waals surface area contributed by atoms with Crippen LogP contribution in [0.15, 0.2) is 12.1 Å². The number of thiophene rings is 1. The van der Waals surface area contributed by atoms with Crippen molar-refractivity contribution >= 4 is 27.1 Å². The van der Waals surface area contributed by atoms with Crippen molar-refractivity contribution in [1.29, 1.82) is 0 Å². The fourth-order valence-corrected chi connectivity index (χ4v) is 3.89. The van der Waals surface area contributed by atoms with Crippen LogP contribution in [0.1, 0.15) is 9.75 Å². The molecule has 0 radical (unpaired) electrons. The minimum Gasteiger partial charge on any atom is -0.369 e. The lowest BCUT2D eigenvalue weighted by Gasteiger charge is -2.17. The number of amides is 1. The van der Waals surface area contributed by atoms with Crippen LogP contribution in [0.5, 0.6) is 0 Å². The van der Waals surface area contributed by atoms with Gasteiger partial charge in [-0.2, -0.15) is 22.0 Å². The fourth-order valence-electron chi connectivity index (χ4n) is 1.25. The summed E-state index contributed by atoms with van der Waals surface area (Å²) in [5.41, 5.74) is 4.68. The number of sulfone groups is 1. The second-order valence-electron chi connectivity index (χ2n) is 3.84. The van der Waals surface area contributed by atoms with Gasteiger partial charge in [0.1, 0.15) is 5.75 Å². The number of hydrogen-bond donors (Lipinski definition) is 1. The molecule has 20 heavy (non-hydrogen) atoms. The number of carbonyl (C=O) groups excluding carboxylic acids is 1. The monoisotopic (exact) mass is 337 g/mol. The Morgan fingerprint density at radius 3 is 2.20 bits per heavy atom. The van der Waals surface area contributed by atoms with Crippen LogP contribution in [-0.4, -0.2) is 26.3 Å². The van der Waals surface area contributed by atoms with Gasteiger partial charge in [-0.1, -0.05) is 0 Å². The van der Waals surface area contributed by atoms with Crippen LogP contribution < -0.4 is 5.73 Å². The molecule has 0 saturated heterocycles. The van der Waals surface area contributed by atoms with Gasteiger partial charge in [0.05, 0.1) is 10.6 Å². The molecular formula is C9H8F5NO3S2. The van der Waals surface area contributed by atoms with Crippen LogP contribution in [0.25, 0.3) is 0 Å². The summed E-state index contributed by atoms with van der Waals surface area (Å²) >= 11 is 0.0194. The third-order valence-corrected chi connectivity index (χ3v) is 4.86. The number of nitrogens with two attached hydrogens (primary N) is 1. The number of primary amides is 1. The van der Waals surface area contributed by atoms with Gasteiger partial charge in [0.2, 0.25) is 5.91 Å². The fraction of sp³-hybridized carbons (Fsp3) is 0.444. The molecule has 0 aromatic carbocycles. The van der Waals surface area contributed by atoms with Crippen molar-refractivity contribution in [1.82, 2.24) is 0 Å². The van der Waals surface area contributed by atoms with Gasteiger partial charge in [0.25, 0.3) is 0 Å². The predicted molar refractivity (Wildman–Crippen MR) is 61.0 cm³/mol. The second kappa shape index (κ2) is 5.28. The zero-order valence-corrected chi connectivity index (χ0v) is 11.2. The summed E-state index contributed by atoms with van der Waals surface area (Å²) in [6.07, 6.45) is -5.76. The minimum atomic E-state index is -5.76. The van der Waals surface area contributed by atoms with Gasteiger partial charge < -0.3 is 5.73 Å². The van der Waals surface area contributed by atoms with Gasteiger partial charge in [-0.15, -0.1) is 11.3 Å². The maximum atomic E-state index is 13.0. The molecule has 4 nitrogen and oxygen atoms in total. The SMILES string of the molecule is NC(=O)CS(=O)(=O)Cc1ccc(C(F)(F)C(F)(F)F)s1. The van der Waals surface area contributed by atoms with Crippen molar-refractivity contribution < 1.29 is 35.2 Å². The summed E-state index contributed by atoms with van der Waals surface area (Å²) in [4.78, 5) is 8.94. The van der Waals surface area contributed by atoms with Crippen molar-refractivity contribution in [2.24, 2.45) is 5.73 Å². The Labute approximate surface area is 114 Å². The Morgan fingerprint density at radius 2 is 1.75 bits per heavy atom. The summed E-state index contributed by atoms with van der Waals surface area (Å²) in [7, 11) is -3.99. The third-order valence-electron chi connectivity index (χ3n) is 2.05. The standard InChI is InChI=1S/C9H8F5NO3S2/c10-8(11,9(12,13)14)6-2-1-5(19-6)3-20(17,18)4-7(15)16/h1-2H,3-4H2,(H2,15,16). The van der Waals surface area contributed by atoms with Gasteiger partial charge in [0, 0.05) is 4.88 Å². The number of rotatable bonds is 5. The Bertz CT molecular complexity index is 605. The molecule has 1 aromatic heterocycles. The topological polar surface area (TPSA) is 77.2 Å². The van der Waals surface area contributed by atoms with E-state index in [2.05, 4.69) is 5.73 Å². The van der Waals surface area contributed by atoms with E-state index in [4.69, 9.17) is 0 Å². The smallest absolute Gasteiger partial charge is 0.369 e. The molecule has 0 fully saturated rings. The molecule has 0 aliphatic heterocycles. The van der Waals surface area contributed by atoms with Crippen LogP contribution in [0, 0.1) is 0 Å². The zero-order chi connectivity index (χ0) is 15.8. The largest absolute Gasteiger partial charge is 0.458 e. The minimum absolute atomic E-state index is 0.0194. The van der Waals surface area contributed by atoms with Crippen LogP contribution in [0.2, 0.25) is 0 Å². The number of halogens is 5. The molecular weight excluding hydrogens is 329 g/mol. The van der Waals surface area contributed by atoms with Crippen molar-refractivity contribution in [3.8, 4) is 0 Å². The van der Waals surface area contributed by atoms with E-state index in [1.165, 1.54) is 0 Å². The molecule has 0 saturated carbocycles. The normalized spacial score (nSPS) is 13.4. The molecule has 0 spiro atoms. The van der Waals surface area contributed by atoms with Crippen LogP contribution >= 0.6 is 11.3 Å². The van der Waals surface area contributed by atoms with Gasteiger partial charge in [-0.3, -0.25) is 4.79 Å². The molecule has 2 N–H and O–H groups in total. The second-order valence-corrected chi connectivity index (χ2v) is 7.07. The average molecular weight is 337 g/mol. The van der Waals surface area contributed by atoms with Gasteiger partial charge in [-0.25, -0.2) is 8.42 Å². The lowest BCUT2D eigenvalue weighted by Crippen LogP contribution is -2.32. The van der Waals surface area contributed by atoms with E-state index in [1.54, 1.807) is 0 Å². The molecule has 0 atom stereocenters. The van der Waals surface area contributed by atoms with E-state index in [0.29, 0.717) is 6.07 Å². The van der Waals surface area contributed by atoms with E-state index < -0.39 is 44.2 Å². The number of hydrogen-bond acceptors (Lipinski definition) is 4. The Balaban J connectivity index is 2.97. The van der Waals surface area contributed by atoms with Crippen molar-refractivity contribution in [3.63, 3.8) is 0 Å². The maximum absolute atomic E-state index is 13.0. The highest BCUT2D eigenvalue weighted by molar-refractivity contribution is 7.91. The first-order valence-electron chi connectivity index (χ1n) is 4.87. The molecule has 1 amide bonds. The van der Waals surface area contributed by atoms with Gasteiger partial charge >= 0.3 is 12.1 Å². The number of carbonyl (C=O) groups is 1. The maximum Gasteiger partial charge on any atom is 0.458 e. The Morgan fingerprint density at radius 1 is 1.20 bits per heavy atom. The van der Waals surface area contributed by atoms with Crippen molar-refractivity contribution in [2.75, 3.05) is 5.75 Å². The number of alkyl halides is 5. The first kappa shape index (κ1) is 16.8. The van der Waals surface area contributed by atoms with Crippen LogP contribution in [0.4, 0.5) is 22.0 Å². The molecule has 1 rings (SSSR count). The lowest BCUT2D eigenvalue weighted by atomic mass is 10.2. The van der Waals surface area contributed by atoms with Crippen molar-refractivity contribution in [3.05, 3.63) is 21.9 Å². The van der Waals surface area contributed by atoms with E-state index in [1.807, 2.05) is 0 Å². The first-order chi connectivity index (χ1) is 8.85. The molecule has 11 heteroatoms. The highest BCUT2D eigenvalue weighted by Gasteiger charge is 2.59. The molecule has 0 aliphatic rings. The van der Waals surface area contributed by atoms with Crippen LogP contribution in [-0.2, 0) is 26.3 Å². The Kier molecular flexibility index (Phi) is 4.44. The highest BCUT2D eigenvalue weighted by Crippen LogP contribution is 2.46. The molecule has 1 aromatic rings. The van der Waals surface area contributed by atoms with Crippen molar-refractivity contribution in [2.45, 2.75) is 17.9 Å². The molecule has 114 valence electrons. The average Bonchev–Trinajstić information content (AvgIpc) is 2.61. The Hall–Kier alpha value is -1.23. The predicted octanol–water partition coefficient (Wildman–Crippen LogP) is 1.80. The quantitative estimate of drug-likeness (QED) is 0.833. The van der Waals surface area contributed by atoms with Gasteiger partial charge in [-0.05, 0) is 12.1 Å². The summed E-state index contributed by atoms with van der Waals surface area (Å²) in [6.45, 7) is 0. The lowest BCUT2D eigenvalue weighted by molar-refractivity contribution is -0.287. The summed E-state index contributed by atoms with van der Waals surface area (Å²) in [5, 5.41) is 0. The highest BCUT2D eigenvalue weighted by atomic mass is 32.2. The van der Waals surface area contributed by atoms with E-state index >= 15 is 0 Å². The van der Waals surface area contributed by atoms with E-state index in [9.17, 15) is 35.2 Å². The summed E-state index contributed by atoms with van der Waals surface area (Å²) in [6, 6.07) is 1.35. The van der Waals surface area contributed by atoms with E-state index in [0.717, 1.165) is 6.07 Å².